The van der Waals surface area contributed by atoms with E-state index in [9.17, 15) is 9.50 Å². The summed E-state index contributed by atoms with van der Waals surface area (Å²) in [6.45, 7) is 2.05. The Morgan fingerprint density at radius 1 is 1.28 bits per heavy atom. The number of halogens is 2. The van der Waals surface area contributed by atoms with Gasteiger partial charge >= 0.3 is 0 Å². The van der Waals surface area contributed by atoms with Crippen LogP contribution in [0.3, 0.4) is 0 Å². The van der Waals surface area contributed by atoms with E-state index in [1.54, 1.807) is 37.3 Å². The van der Waals surface area contributed by atoms with E-state index in [4.69, 9.17) is 11.6 Å². The molecule has 18 heavy (non-hydrogen) atoms. The van der Waals surface area contributed by atoms with Gasteiger partial charge in [0.2, 0.25) is 0 Å². The predicted molar refractivity (Wildman–Crippen MR) is 71.6 cm³/mol. The summed E-state index contributed by atoms with van der Waals surface area (Å²) in [5, 5.41) is 13.2. The highest BCUT2D eigenvalue weighted by atomic mass is 35.5. The highest BCUT2D eigenvalue weighted by molar-refractivity contribution is 6.31. The standard InChI is InChI=1S/C14H13ClFNO/c1-9-5-6-10(7-13(9)16)17-8-11-12(15)3-2-4-14(11)18/h2-7,17-18H,8H2,1H3. The molecule has 0 amide bonds. The Kier molecular flexibility index (Phi) is 3.72. The van der Waals surface area contributed by atoms with Gasteiger partial charge in [0.1, 0.15) is 11.6 Å². The van der Waals surface area contributed by atoms with E-state index in [0.717, 1.165) is 0 Å². The smallest absolute Gasteiger partial charge is 0.128 e. The van der Waals surface area contributed by atoms with Crippen molar-refractivity contribution in [1.82, 2.24) is 0 Å². The van der Waals surface area contributed by atoms with Crippen molar-refractivity contribution in [3.8, 4) is 5.75 Å². The van der Waals surface area contributed by atoms with Crippen molar-refractivity contribution in [3.05, 3.63) is 58.4 Å². The van der Waals surface area contributed by atoms with Gasteiger partial charge in [-0.25, -0.2) is 4.39 Å². The molecule has 0 saturated heterocycles. The van der Waals surface area contributed by atoms with Crippen LogP contribution in [0.5, 0.6) is 5.75 Å². The van der Waals surface area contributed by atoms with E-state index < -0.39 is 0 Å². The van der Waals surface area contributed by atoms with Gasteiger partial charge in [0, 0.05) is 22.8 Å². The molecular formula is C14H13ClFNO. The van der Waals surface area contributed by atoms with E-state index in [1.807, 2.05) is 0 Å². The predicted octanol–water partition coefficient (Wildman–Crippen LogP) is 4.11. The fourth-order valence-electron chi connectivity index (χ4n) is 1.62. The maximum absolute atomic E-state index is 13.3. The number of benzene rings is 2. The molecule has 0 fully saturated rings. The molecule has 0 aliphatic rings. The summed E-state index contributed by atoms with van der Waals surface area (Å²) in [7, 11) is 0. The van der Waals surface area contributed by atoms with Gasteiger partial charge < -0.3 is 10.4 Å². The summed E-state index contributed by atoms with van der Waals surface area (Å²) in [4.78, 5) is 0. The van der Waals surface area contributed by atoms with Crippen LogP contribution in [0, 0.1) is 12.7 Å². The first-order valence-corrected chi connectivity index (χ1v) is 5.92. The second-order valence-electron chi connectivity index (χ2n) is 4.06. The largest absolute Gasteiger partial charge is 0.508 e. The molecule has 0 aromatic heterocycles. The molecule has 0 unspecified atom stereocenters. The van der Waals surface area contributed by atoms with Crippen LogP contribution in [0.4, 0.5) is 10.1 Å². The Morgan fingerprint density at radius 2 is 2.06 bits per heavy atom. The number of anilines is 1. The molecule has 2 nitrogen and oxygen atoms in total. The first-order chi connectivity index (χ1) is 8.58. The number of aryl methyl sites for hydroxylation is 1. The lowest BCUT2D eigenvalue weighted by atomic mass is 10.2. The Hall–Kier alpha value is -1.74. The van der Waals surface area contributed by atoms with E-state index in [-0.39, 0.29) is 11.6 Å². The van der Waals surface area contributed by atoms with Crippen molar-refractivity contribution < 1.29 is 9.50 Å². The van der Waals surface area contributed by atoms with Gasteiger partial charge in [0.05, 0.1) is 0 Å². The van der Waals surface area contributed by atoms with Gasteiger partial charge in [-0.05, 0) is 36.8 Å². The summed E-state index contributed by atoms with van der Waals surface area (Å²) in [6, 6.07) is 9.85. The fourth-order valence-corrected chi connectivity index (χ4v) is 1.85. The zero-order valence-corrected chi connectivity index (χ0v) is 10.6. The van der Waals surface area contributed by atoms with Crippen LogP contribution in [0.1, 0.15) is 11.1 Å². The van der Waals surface area contributed by atoms with E-state index in [0.29, 0.717) is 28.4 Å². The Balaban J connectivity index is 2.14. The molecule has 94 valence electrons. The van der Waals surface area contributed by atoms with Crippen molar-refractivity contribution in [2.75, 3.05) is 5.32 Å². The van der Waals surface area contributed by atoms with Crippen molar-refractivity contribution in [3.63, 3.8) is 0 Å². The van der Waals surface area contributed by atoms with Gasteiger partial charge in [-0.2, -0.15) is 0 Å². The number of phenols is 1. The van der Waals surface area contributed by atoms with Gasteiger partial charge in [-0.1, -0.05) is 23.7 Å². The van der Waals surface area contributed by atoms with Crippen LogP contribution in [-0.2, 0) is 6.54 Å². The van der Waals surface area contributed by atoms with Crippen molar-refractivity contribution in [1.29, 1.82) is 0 Å². The molecule has 2 aromatic carbocycles. The molecular weight excluding hydrogens is 253 g/mol. The minimum absolute atomic E-state index is 0.127. The number of hydrogen-bond acceptors (Lipinski definition) is 2. The Labute approximate surface area is 110 Å². The zero-order chi connectivity index (χ0) is 13.1. The average Bonchev–Trinajstić information content (AvgIpc) is 2.33. The molecule has 0 spiro atoms. The summed E-state index contributed by atoms with van der Waals surface area (Å²) in [6.07, 6.45) is 0. The fraction of sp³-hybridized carbons (Fsp3) is 0.143. The number of hydrogen-bond donors (Lipinski definition) is 2. The number of rotatable bonds is 3. The third kappa shape index (κ3) is 2.74. The Morgan fingerprint density at radius 3 is 2.72 bits per heavy atom. The molecule has 0 aliphatic carbocycles. The first kappa shape index (κ1) is 12.7. The van der Waals surface area contributed by atoms with Gasteiger partial charge in [0.25, 0.3) is 0 Å². The van der Waals surface area contributed by atoms with Crippen molar-refractivity contribution >= 4 is 17.3 Å². The third-order valence-corrected chi connectivity index (χ3v) is 3.09. The molecule has 2 aromatic rings. The van der Waals surface area contributed by atoms with Crippen LogP contribution in [-0.4, -0.2) is 5.11 Å². The van der Waals surface area contributed by atoms with Crippen LogP contribution >= 0.6 is 11.6 Å². The molecule has 0 saturated carbocycles. The monoisotopic (exact) mass is 265 g/mol. The molecule has 0 radical (unpaired) electrons. The summed E-state index contributed by atoms with van der Waals surface area (Å²) < 4.78 is 13.3. The molecule has 0 heterocycles. The highest BCUT2D eigenvalue weighted by Crippen LogP contribution is 2.26. The molecule has 0 aliphatic heterocycles. The van der Waals surface area contributed by atoms with E-state index >= 15 is 0 Å². The van der Waals surface area contributed by atoms with Crippen molar-refractivity contribution in [2.24, 2.45) is 0 Å². The minimum Gasteiger partial charge on any atom is -0.508 e. The number of aromatic hydroxyl groups is 1. The first-order valence-electron chi connectivity index (χ1n) is 5.54. The zero-order valence-electron chi connectivity index (χ0n) is 9.87. The highest BCUT2D eigenvalue weighted by Gasteiger charge is 2.06. The molecule has 2 N–H and O–H groups in total. The van der Waals surface area contributed by atoms with Gasteiger partial charge in [0.15, 0.2) is 0 Å². The SMILES string of the molecule is Cc1ccc(NCc2c(O)cccc2Cl)cc1F. The van der Waals surface area contributed by atoms with Gasteiger partial charge in [-0.15, -0.1) is 0 Å². The van der Waals surface area contributed by atoms with Gasteiger partial charge in [-0.3, -0.25) is 0 Å². The summed E-state index contributed by atoms with van der Waals surface area (Å²) in [5.74, 6) is -0.133. The lowest BCUT2D eigenvalue weighted by Gasteiger charge is -2.10. The van der Waals surface area contributed by atoms with Crippen molar-refractivity contribution in [2.45, 2.75) is 13.5 Å². The lowest BCUT2D eigenvalue weighted by Crippen LogP contribution is -2.01. The normalized spacial score (nSPS) is 10.4. The molecule has 0 bridgehead atoms. The summed E-state index contributed by atoms with van der Waals surface area (Å²) >= 11 is 5.98. The second kappa shape index (κ2) is 5.27. The molecule has 0 atom stereocenters. The topological polar surface area (TPSA) is 32.3 Å². The minimum atomic E-state index is -0.261. The van der Waals surface area contributed by atoms with E-state index in [2.05, 4.69) is 5.32 Å². The number of phenolic OH excluding ortho intramolecular Hbond substituents is 1. The summed E-state index contributed by atoms with van der Waals surface area (Å²) in [5.41, 5.74) is 1.85. The van der Waals surface area contributed by atoms with Crippen LogP contribution in [0.2, 0.25) is 5.02 Å². The average molecular weight is 266 g/mol. The quantitative estimate of drug-likeness (QED) is 0.875. The molecule has 2 rings (SSSR count). The van der Waals surface area contributed by atoms with Crippen LogP contribution in [0.25, 0.3) is 0 Å². The lowest BCUT2D eigenvalue weighted by molar-refractivity contribution is 0.469. The number of nitrogens with one attached hydrogen (secondary N) is 1. The van der Waals surface area contributed by atoms with Crippen LogP contribution in [0.15, 0.2) is 36.4 Å². The third-order valence-electron chi connectivity index (χ3n) is 2.74. The van der Waals surface area contributed by atoms with Crippen LogP contribution < -0.4 is 5.32 Å². The molecule has 4 heteroatoms. The van der Waals surface area contributed by atoms with E-state index in [1.165, 1.54) is 6.07 Å². The Bertz CT molecular complexity index is 551. The maximum Gasteiger partial charge on any atom is 0.128 e. The maximum atomic E-state index is 13.3. The second-order valence-corrected chi connectivity index (χ2v) is 4.46.